The van der Waals surface area contributed by atoms with Crippen LogP contribution in [0.3, 0.4) is 0 Å². The molecule has 0 atom stereocenters. The lowest BCUT2D eigenvalue weighted by Crippen LogP contribution is -2.57. The van der Waals surface area contributed by atoms with Crippen LogP contribution >= 0.6 is 0 Å². The first-order chi connectivity index (χ1) is 9.74. The first-order valence-corrected chi connectivity index (χ1v) is 8.90. The first kappa shape index (κ1) is 18.3. The van der Waals surface area contributed by atoms with Gasteiger partial charge in [0.05, 0.1) is 31.4 Å². The number of hydrogen-bond acceptors (Lipinski definition) is 5. The average molecular weight is 324 g/mol. The number of morpholine rings is 1. The lowest BCUT2D eigenvalue weighted by atomic mass is 10.2. The summed E-state index contributed by atoms with van der Waals surface area (Å²) in [5, 5.41) is 0. The third kappa shape index (κ3) is 7.21. The van der Waals surface area contributed by atoms with E-state index in [1.165, 1.54) is 0 Å². The van der Waals surface area contributed by atoms with Crippen LogP contribution in [0.25, 0.3) is 0 Å². The quantitative estimate of drug-likeness (QED) is 0.393. The predicted molar refractivity (Wildman–Crippen MR) is 77.4 cm³/mol. The minimum Gasteiger partial charge on any atom is -0.459 e. The van der Waals surface area contributed by atoms with E-state index in [-0.39, 0.29) is 17.6 Å². The molecule has 0 aromatic carbocycles. The molecule has 124 valence electrons. The molecule has 0 unspecified atom stereocenters. The van der Waals surface area contributed by atoms with E-state index in [9.17, 15) is 13.2 Å². The highest BCUT2D eigenvalue weighted by atomic mass is 32.2. The van der Waals surface area contributed by atoms with Gasteiger partial charge in [-0.2, -0.15) is 8.42 Å². The average Bonchev–Trinajstić information content (AvgIpc) is 2.38. The smallest absolute Gasteiger partial charge is 0.308 e. The molecule has 0 aliphatic carbocycles. The van der Waals surface area contributed by atoms with Crippen LogP contribution in [0.1, 0.15) is 20.3 Å². The number of carbonyl (C=O) groups is 1. The van der Waals surface area contributed by atoms with Gasteiger partial charge in [-0.1, -0.05) is 13.8 Å². The molecule has 0 saturated carbocycles. The van der Waals surface area contributed by atoms with Crippen LogP contribution in [0.5, 0.6) is 0 Å². The highest BCUT2D eigenvalue weighted by Crippen LogP contribution is 2.13. The molecule has 0 aromatic heterocycles. The molecule has 0 bridgehead atoms. The van der Waals surface area contributed by atoms with Crippen LogP contribution in [0.2, 0.25) is 0 Å². The molecule has 1 rings (SSSR count). The zero-order valence-electron chi connectivity index (χ0n) is 12.8. The van der Waals surface area contributed by atoms with Crippen LogP contribution < -0.4 is 0 Å². The number of quaternary nitrogens is 1. The van der Waals surface area contributed by atoms with Gasteiger partial charge in [-0.3, -0.25) is 9.35 Å². The Hall–Kier alpha value is -0.700. The summed E-state index contributed by atoms with van der Waals surface area (Å²) in [4.78, 5) is 11.5. The Labute approximate surface area is 126 Å². The second kappa shape index (κ2) is 8.07. The number of ether oxygens (including phenoxy) is 2. The lowest BCUT2D eigenvalue weighted by molar-refractivity contribution is -0.935. The summed E-state index contributed by atoms with van der Waals surface area (Å²) in [7, 11) is -3.92. The van der Waals surface area contributed by atoms with Crippen molar-refractivity contribution in [2.45, 2.75) is 20.3 Å². The first-order valence-electron chi connectivity index (χ1n) is 7.29. The van der Waals surface area contributed by atoms with Gasteiger partial charge in [-0.15, -0.1) is 0 Å². The van der Waals surface area contributed by atoms with Crippen molar-refractivity contribution in [2.75, 3.05) is 51.8 Å². The predicted octanol–water partition coefficient (Wildman–Crippen LogP) is 0.311. The van der Waals surface area contributed by atoms with Crippen LogP contribution in [0, 0.1) is 5.92 Å². The largest absolute Gasteiger partial charge is 0.459 e. The van der Waals surface area contributed by atoms with Crippen molar-refractivity contribution in [1.82, 2.24) is 0 Å². The molecule has 1 N–H and O–H groups in total. The molecule has 0 amide bonds. The van der Waals surface area contributed by atoms with Gasteiger partial charge in [0.25, 0.3) is 10.1 Å². The Kier molecular flexibility index (Phi) is 7.05. The summed E-state index contributed by atoms with van der Waals surface area (Å²) in [6.45, 7) is 7.93. The van der Waals surface area contributed by atoms with Crippen LogP contribution in [0.15, 0.2) is 0 Å². The van der Waals surface area contributed by atoms with Crippen LogP contribution in [-0.4, -0.2) is 75.2 Å². The summed E-state index contributed by atoms with van der Waals surface area (Å²) >= 11 is 0. The highest BCUT2D eigenvalue weighted by molar-refractivity contribution is 7.85. The summed E-state index contributed by atoms with van der Waals surface area (Å²) in [5.41, 5.74) is 0. The molecule has 1 aliphatic heterocycles. The molecule has 0 spiro atoms. The van der Waals surface area contributed by atoms with Crippen molar-refractivity contribution in [3.05, 3.63) is 0 Å². The molecule has 1 saturated heterocycles. The topological polar surface area (TPSA) is 89.9 Å². The van der Waals surface area contributed by atoms with E-state index in [1.54, 1.807) is 13.8 Å². The number of carbonyl (C=O) groups excluding carboxylic acids is 1. The molecule has 1 heterocycles. The summed E-state index contributed by atoms with van der Waals surface area (Å²) < 4.78 is 41.7. The Morgan fingerprint density at radius 3 is 2.43 bits per heavy atom. The van der Waals surface area contributed by atoms with Gasteiger partial charge < -0.3 is 14.0 Å². The number of rotatable bonds is 8. The Balaban J connectivity index is 2.47. The van der Waals surface area contributed by atoms with Gasteiger partial charge in [0, 0.05) is 6.42 Å². The second-order valence-corrected chi connectivity index (χ2v) is 7.38. The van der Waals surface area contributed by atoms with Crippen molar-refractivity contribution in [3.63, 3.8) is 0 Å². The van der Waals surface area contributed by atoms with Gasteiger partial charge in [0.2, 0.25) is 0 Å². The highest BCUT2D eigenvalue weighted by Gasteiger charge is 2.30. The monoisotopic (exact) mass is 324 g/mol. The SMILES string of the molecule is CC(C)C(=O)OCC[N+]1(CCCS(=O)(=O)O)CCOCC1. The third-order valence-corrected chi connectivity index (χ3v) is 4.54. The molecular weight excluding hydrogens is 298 g/mol. The maximum absolute atomic E-state index is 11.5. The maximum atomic E-state index is 11.5. The van der Waals surface area contributed by atoms with Gasteiger partial charge in [-0.25, -0.2) is 0 Å². The molecule has 1 fully saturated rings. The van der Waals surface area contributed by atoms with Gasteiger partial charge in [0.15, 0.2) is 0 Å². The fourth-order valence-corrected chi connectivity index (χ4v) is 2.87. The van der Waals surface area contributed by atoms with Gasteiger partial charge >= 0.3 is 5.97 Å². The van der Waals surface area contributed by atoms with Crippen LogP contribution in [-0.2, 0) is 24.4 Å². The zero-order valence-corrected chi connectivity index (χ0v) is 13.6. The van der Waals surface area contributed by atoms with E-state index in [0.717, 1.165) is 13.1 Å². The Bertz CT molecular complexity index is 428. The molecule has 0 radical (unpaired) electrons. The van der Waals surface area contributed by atoms with E-state index in [2.05, 4.69) is 0 Å². The molecule has 21 heavy (non-hydrogen) atoms. The normalized spacial score (nSPS) is 18.7. The van der Waals surface area contributed by atoms with E-state index >= 15 is 0 Å². The van der Waals surface area contributed by atoms with Gasteiger partial charge in [0.1, 0.15) is 26.2 Å². The molecule has 7 nitrogen and oxygen atoms in total. The number of nitrogens with zero attached hydrogens (tertiary/aromatic N) is 1. The minimum absolute atomic E-state index is 0.150. The van der Waals surface area contributed by atoms with E-state index < -0.39 is 10.1 Å². The fraction of sp³-hybridized carbons (Fsp3) is 0.923. The van der Waals surface area contributed by atoms with Crippen molar-refractivity contribution in [2.24, 2.45) is 5.92 Å². The second-order valence-electron chi connectivity index (χ2n) is 5.81. The third-order valence-electron chi connectivity index (χ3n) is 3.74. The molecule has 1 aliphatic rings. The summed E-state index contributed by atoms with van der Waals surface area (Å²) in [6.07, 6.45) is 0.386. The fourth-order valence-electron chi connectivity index (χ4n) is 2.38. The summed E-state index contributed by atoms with van der Waals surface area (Å²) in [6, 6.07) is 0. The lowest BCUT2D eigenvalue weighted by Gasteiger charge is -2.41. The van der Waals surface area contributed by atoms with Crippen LogP contribution in [0.4, 0.5) is 0 Å². The number of esters is 1. The van der Waals surface area contributed by atoms with Crippen molar-refractivity contribution >= 4 is 16.1 Å². The van der Waals surface area contributed by atoms with E-state index in [0.29, 0.717) is 43.8 Å². The Morgan fingerprint density at radius 2 is 1.90 bits per heavy atom. The van der Waals surface area contributed by atoms with Crippen molar-refractivity contribution in [1.29, 1.82) is 0 Å². The van der Waals surface area contributed by atoms with Crippen molar-refractivity contribution < 1.29 is 31.7 Å². The molecule has 8 heteroatoms. The van der Waals surface area contributed by atoms with Crippen molar-refractivity contribution in [3.8, 4) is 0 Å². The van der Waals surface area contributed by atoms with E-state index in [4.69, 9.17) is 14.0 Å². The van der Waals surface area contributed by atoms with Gasteiger partial charge in [-0.05, 0) is 0 Å². The summed E-state index contributed by atoms with van der Waals surface area (Å²) in [5.74, 6) is -0.610. The van der Waals surface area contributed by atoms with E-state index in [1.807, 2.05) is 0 Å². The Morgan fingerprint density at radius 1 is 1.29 bits per heavy atom. The maximum Gasteiger partial charge on any atom is 0.308 e. The molecular formula is C13H26NO6S+. The minimum atomic E-state index is -3.92. The zero-order chi connectivity index (χ0) is 15.9. The molecule has 0 aromatic rings. The number of hydrogen-bond donors (Lipinski definition) is 1. The standard InChI is InChI=1S/C13H25NO6S/c1-12(2)13(15)20-10-7-14(5-8-19-9-6-14)4-3-11-21(16,17)18/h12H,3-11H2,1-2H3/p+1.